The fourth-order valence-electron chi connectivity index (χ4n) is 2.44. The lowest BCUT2D eigenvalue weighted by Crippen LogP contribution is -2.20. The average molecular weight is 336 g/mol. The molecule has 2 rings (SSSR count). The monoisotopic (exact) mass is 335 g/mol. The van der Waals surface area contributed by atoms with Crippen molar-refractivity contribution in [3.8, 4) is 0 Å². The van der Waals surface area contributed by atoms with Gasteiger partial charge < -0.3 is 5.32 Å². The third-order valence-electron chi connectivity index (χ3n) is 3.59. The Morgan fingerprint density at radius 3 is 2.70 bits per heavy atom. The van der Waals surface area contributed by atoms with Gasteiger partial charge in [0.05, 0.1) is 5.69 Å². The molecule has 1 atom stereocenters. The molecule has 2 aromatic rings. The van der Waals surface area contributed by atoms with Crippen LogP contribution in [0.25, 0.3) is 0 Å². The lowest BCUT2D eigenvalue weighted by molar-refractivity contribution is 0.540. The summed E-state index contributed by atoms with van der Waals surface area (Å²) < 4.78 is 3.23. The molecule has 4 heteroatoms. The summed E-state index contributed by atoms with van der Waals surface area (Å²) in [5.41, 5.74) is 3.76. The van der Waals surface area contributed by atoms with Gasteiger partial charge in [-0.05, 0) is 44.2 Å². The Kier molecular flexibility index (Phi) is 5.38. The number of nitrogens with zero attached hydrogens (tertiary/aromatic N) is 2. The maximum absolute atomic E-state index is 4.63. The largest absolute Gasteiger partial charge is 0.313 e. The molecule has 108 valence electrons. The quantitative estimate of drug-likeness (QED) is 0.871. The van der Waals surface area contributed by atoms with Gasteiger partial charge in [-0.1, -0.05) is 35.0 Å². The molecule has 0 bridgehead atoms. The molecule has 0 aliphatic rings. The van der Waals surface area contributed by atoms with Crippen molar-refractivity contribution in [1.82, 2.24) is 15.1 Å². The lowest BCUT2D eigenvalue weighted by atomic mass is 10.0. The number of halogens is 1. The van der Waals surface area contributed by atoms with E-state index in [9.17, 15) is 0 Å². The highest BCUT2D eigenvalue weighted by molar-refractivity contribution is 9.10. The third-order valence-corrected chi connectivity index (χ3v) is 4.08. The third kappa shape index (κ3) is 3.49. The van der Waals surface area contributed by atoms with Crippen molar-refractivity contribution < 1.29 is 0 Å². The SMILES string of the molecule is CCc1cc(CC(NC)c2cccc(Br)c2)n(CC)n1. The normalized spacial score (nSPS) is 12.6. The molecule has 20 heavy (non-hydrogen) atoms. The fourth-order valence-corrected chi connectivity index (χ4v) is 2.86. The van der Waals surface area contributed by atoms with Crippen molar-refractivity contribution in [3.05, 3.63) is 51.8 Å². The molecule has 0 radical (unpaired) electrons. The number of likely N-dealkylation sites (N-methyl/N-ethyl adjacent to an activating group) is 1. The number of hydrogen-bond donors (Lipinski definition) is 1. The maximum Gasteiger partial charge on any atom is 0.0624 e. The van der Waals surface area contributed by atoms with Gasteiger partial charge in [0.1, 0.15) is 0 Å². The fraction of sp³-hybridized carbons (Fsp3) is 0.438. The van der Waals surface area contributed by atoms with Gasteiger partial charge in [-0.2, -0.15) is 5.10 Å². The number of nitrogens with one attached hydrogen (secondary N) is 1. The molecule has 1 N–H and O–H groups in total. The summed E-state index contributed by atoms with van der Waals surface area (Å²) in [7, 11) is 2.01. The summed E-state index contributed by atoms with van der Waals surface area (Å²) in [6, 6.07) is 11.0. The maximum atomic E-state index is 4.63. The molecule has 0 aliphatic carbocycles. The predicted octanol–water partition coefficient (Wildman–Crippen LogP) is 3.73. The number of benzene rings is 1. The lowest BCUT2D eigenvalue weighted by Gasteiger charge is -2.17. The van der Waals surface area contributed by atoms with Crippen molar-refractivity contribution in [2.45, 2.75) is 39.3 Å². The summed E-state index contributed by atoms with van der Waals surface area (Å²) >= 11 is 3.54. The number of aromatic nitrogens is 2. The molecule has 0 spiro atoms. The second-order valence-corrected chi connectivity index (χ2v) is 5.81. The van der Waals surface area contributed by atoms with Crippen LogP contribution in [0.3, 0.4) is 0 Å². The number of rotatable bonds is 6. The van der Waals surface area contributed by atoms with Gasteiger partial charge in [0.15, 0.2) is 0 Å². The highest BCUT2D eigenvalue weighted by Gasteiger charge is 2.14. The Morgan fingerprint density at radius 2 is 2.10 bits per heavy atom. The van der Waals surface area contributed by atoms with Crippen LogP contribution in [0.5, 0.6) is 0 Å². The van der Waals surface area contributed by atoms with Crippen LogP contribution < -0.4 is 5.32 Å². The van der Waals surface area contributed by atoms with Crippen LogP contribution in [0.2, 0.25) is 0 Å². The first-order valence-electron chi connectivity index (χ1n) is 7.16. The van der Waals surface area contributed by atoms with E-state index in [1.807, 2.05) is 7.05 Å². The minimum Gasteiger partial charge on any atom is -0.313 e. The van der Waals surface area contributed by atoms with E-state index in [0.717, 1.165) is 23.9 Å². The van der Waals surface area contributed by atoms with E-state index in [0.29, 0.717) is 6.04 Å². The van der Waals surface area contributed by atoms with Crippen LogP contribution in [0.1, 0.15) is 36.8 Å². The van der Waals surface area contributed by atoms with Gasteiger partial charge in [-0.25, -0.2) is 0 Å². The summed E-state index contributed by atoms with van der Waals surface area (Å²) in [5.74, 6) is 0. The Bertz CT molecular complexity index is 563. The highest BCUT2D eigenvalue weighted by Crippen LogP contribution is 2.22. The molecule has 0 fully saturated rings. The first-order valence-corrected chi connectivity index (χ1v) is 7.95. The molecule has 0 saturated carbocycles. The minimum atomic E-state index is 0.305. The molecule has 0 aliphatic heterocycles. The van der Waals surface area contributed by atoms with Gasteiger partial charge in [-0.3, -0.25) is 4.68 Å². The smallest absolute Gasteiger partial charge is 0.0624 e. The second-order valence-electron chi connectivity index (χ2n) is 4.90. The van der Waals surface area contributed by atoms with Crippen molar-refractivity contribution >= 4 is 15.9 Å². The van der Waals surface area contributed by atoms with Crippen molar-refractivity contribution in [1.29, 1.82) is 0 Å². The summed E-state index contributed by atoms with van der Waals surface area (Å²) in [6.07, 6.45) is 1.94. The van der Waals surface area contributed by atoms with E-state index in [4.69, 9.17) is 0 Å². The van der Waals surface area contributed by atoms with Crippen LogP contribution >= 0.6 is 15.9 Å². The Balaban J connectivity index is 2.24. The van der Waals surface area contributed by atoms with Crippen LogP contribution in [0.15, 0.2) is 34.8 Å². The molecular weight excluding hydrogens is 314 g/mol. The Morgan fingerprint density at radius 1 is 1.30 bits per heavy atom. The van der Waals surface area contributed by atoms with Crippen molar-refractivity contribution in [3.63, 3.8) is 0 Å². The van der Waals surface area contributed by atoms with Crippen LogP contribution in [-0.4, -0.2) is 16.8 Å². The predicted molar refractivity (Wildman–Crippen MR) is 86.9 cm³/mol. The summed E-state index contributed by atoms with van der Waals surface area (Å²) in [5, 5.41) is 8.04. The van der Waals surface area contributed by atoms with E-state index in [-0.39, 0.29) is 0 Å². The summed E-state index contributed by atoms with van der Waals surface area (Å²) in [6.45, 7) is 5.21. The standard InChI is InChI=1S/C16H22BrN3/c1-4-14-10-15(20(5-2)19-14)11-16(18-3)12-7-6-8-13(17)9-12/h6-10,16,18H,4-5,11H2,1-3H3. The zero-order chi connectivity index (χ0) is 14.5. The van der Waals surface area contributed by atoms with Gasteiger partial charge in [0.2, 0.25) is 0 Å². The van der Waals surface area contributed by atoms with Crippen LogP contribution in [0.4, 0.5) is 0 Å². The van der Waals surface area contributed by atoms with Gasteiger partial charge >= 0.3 is 0 Å². The van der Waals surface area contributed by atoms with Crippen LogP contribution in [-0.2, 0) is 19.4 Å². The molecule has 0 amide bonds. The number of hydrogen-bond acceptors (Lipinski definition) is 2. The van der Waals surface area contributed by atoms with E-state index in [2.05, 4.69) is 75.2 Å². The second kappa shape index (κ2) is 7.04. The molecule has 3 nitrogen and oxygen atoms in total. The highest BCUT2D eigenvalue weighted by atomic mass is 79.9. The van der Waals surface area contributed by atoms with Crippen LogP contribution in [0, 0.1) is 0 Å². The van der Waals surface area contributed by atoms with Crippen molar-refractivity contribution in [2.75, 3.05) is 7.05 Å². The van der Waals surface area contributed by atoms with E-state index in [1.165, 1.54) is 17.0 Å². The molecule has 0 saturated heterocycles. The summed E-state index contributed by atoms with van der Waals surface area (Å²) in [4.78, 5) is 0. The zero-order valence-corrected chi connectivity index (χ0v) is 13.9. The van der Waals surface area contributed by atoms with E-state index >= 15 is 0 Å². The van der Waals surface area contributed by atoms with Gasteiger partial charge in [0.25, 0.3) is 0 Å². The molecular formula is C16H22BrN3. The Hall–Kier alpha value is -1.13. The zero-order valence-electron chi connectivity index (χ0n) is 12.4. The van der Waals surface area contributed by atoms with E-state index in [1.54, 1.807) is 0 Å². The molecule has 1 aromatic heterocycles. The molecule has 1 aromatic carbocycles. The number of aryl methyl sites for hydroxylation is 2. The van der Waals surface area contributed by atoms with Gasteiger partial charge in [-0.15, -0.1) is 0 Å². The Labute approximate surface area is 129 Å². The molecule has 1 unspecified atom stereocenters. The topological polar surface area (TPSA) is 29.9 Å². The van der Waals surface area contributed by atoms with E-state index < -0.39 is 0 Å². The first kappa shape index (κ1) is 15.3. The minimum absolute atomic E-state index is 0.305. The molecule has 1 heterocycles. The van der Waals surface area contributed by atoms with Gasteiger partial charge in [0, 0.05) is 29.2 Å². The first-order chi connectivity index (χ1) is 9.67. The average Bonchev–Trinajstić information content (AvgIpc) is 2.87. The van der Waals surface area contributed by atoms with Crippen molar-refractivity contribution in [2.24, 2.45) is 0 Å².